The van der Waals surface area contributed by atoms with E-state index in [0.29, 0.717) is 5.92 Å². The summed E-state index contributed by atoms with van der Waals surface area (Å²) in [5.74, 6) is 0.315. The number of hydrogen-bond donors (Lipinski definition) is 0. The predicted molar refractivity (Wildman–Crippen MR) is 143 cm³/mol. The normalized spacial score (nSPS) is 16.4. The van der Waals surface area contributed by atoms with Crippen molar-refractivity contribution in [3.05, 3.63) is 143 Å². The van der Waals surface area contributed by atoms with Gasteiger partial charge in [0.25, 0.3) is 0 Å². The Hall–Kier alpha value is -0.147. The van der Waals surface area contributed by atoms with Gasteiger partial charge >= 0.3 is 26.2 Å². The average molecular weight is 613 g/mol. The third-order valence-corrected chi connectivity index (χ3v) is 5.46. The van der Waals surface area contributed by atoms with Gasteiger partial charge in [0.15, 0.2) is 0 Å². The van der Waals surface area contributed by atoms with Gasteiger partial charge in [-0.15, -0.1) is 11.7 Å². The number of hydrogen-bond acceptors (Lipinski definition) is 0. The van der Waals surface area contributed by atoms with Crippen LogP contribution in [0.15, 0.2) is 60.7 Å². The molecule has 0 aromatic heterocycles. The molecule has 2 fully saturated rings. The summed E-state index contributed by atoms with van der Waals surface area (Å²) in [7, 11) is 0. The van der Waals surface area contributed by atoms with Crippen LogP contribution in [0.4, 0.5) is 5.69 Å². The Morgan fingerprint density at radius 3 is 1.53 bits per heavy atom. The van der Waals surface area contributed by atoms with E-state index in [4.69, 9.17) is 5.32 Å². The summed E-state index contributed by atoms with van der Waals surface area (Å²) in [6.45, 7) is 4.39. The van der Waals surface area contributed by atoms with Gasteiger partial charge in [0.1, 0.15) is 0 Å². The molecular formula is C29H32INZr+2. The molecule has 3 heteroatoms. The SMILES string of the molecule is [CH2-][C@H](CCCCI)[C@H]([N-]c1ccccc1)c1ccccc1.[CH]1[CH][CH][CH][CH]1.[CH]1[CH][CH][CH][CH]1.[Zr+4]. The minimum absolute atomic E-state index is 0. The van der Waals surface area contributed by atoms with Gasteiger partial charge in [-0.25, -0.2) is 0 Å². The van der Waals surface area contributed by atoms with Crippen molar-refractivity contribution < 1.29 is 26.2 Å². The summed E-state index contributed by atoms with van der Waals surface area (Å²) in [5, 5.41) is 4.94. The Bertz CT molecular complexity index is 616. The summed E-state index contributed by atoms with van der Waals surface area (Å²) >= 11 is 2.44. The Morgan fingerprint density at radius 2 is 1.09 bits per heavy atom. The second-order valence-corrected chi connectivity index (χ2v) is 8.27. The van der Waals surface area contributed by atoms with E-state index in [0.717, 1.165) is 12.1 Å². The maximum atomic E-state index is 4.94. The molecule has 2 saturated carbocycles. The first-order valence-corrected chi connectivity index (χ1v) is 12.4. The second-order valence-electron chi connectivity index (χ2n) is 7.19. The number of rotatable bonds is 8. The van der Waals surface area contributed by atoms with Gasteiger partial charge in [0, 0.05) is 0 Å². The van der Waals surface area contributed by atoms with E-state index >= 15 is 0 Å². The van der Waals surface area contributed by atoms with Crippen molar-refractivity contribution in [2.24, 2.45) is 5.92 Å². The van der Waals surface area contributed by atoms with Crippen LogP contribution < -0.4 is 0 Å². The quantitative estimate of drug-likeness (QED) is 0.123. The van der Waals surface area contributed by atoms with Crippen LogP contribution in [0.2, 0.25) is 0 Å². The molecule has 0 unspecified atom stereocenters. The Labute approximate surface area is 231 Å². The van der Waals surface area contributed by atoms with Gasteiger partial charge in [0.2, 0.25) is 0 Å². The summed E-state index contributed by atoms with van der Waals surface area (Å²) in [6.07, 6.45) is 23.6. The first-order valence-electron chi connectivity index (χ1n) is 10.8. The molecule has 162 valence electrons. The Morgan fingerprint density at radius 1 is 0.656 bits per heavy atom. The van der Waals surface area contributed by atoms with Crippen LogP contribution in [0.1, 0.15) is 30.9 Å². The van der Waals surface area contributed by atoms with E-state index in [1.54, 1.807) is 0 Å². The van der Waals surface area contributed by atoms with Crippen LogP contribution in [0.3, 0.4) is 0 Å². The van der Waals surface area contributed by atoms with E-state index in [2.05, 4.69) is 72.0 Å². The number of benzene rings is 2. The van der Waals surface area contributed by atoms with Crippen molar-refractivity contribution in [1.82, 2.24) is 0 Å². The fourth-order valence-corrected chi connectivity index (χ4v) is 3.62. The van der Waals surface area contributed by atoms with Crippen molar-refractivity contribution in [3.8, 4) is 0 Å². The zero-order valence-corrected chi connectivity index (χ0v) is 23.2. The van der Waals surface area contributed by atoms with Crippen LogP contribution in [0.5, 0.6) is 0 Å². The molecule has 1 nitrogen and oxygen atoms in total. The molecule has 32 heavy (non-hydrogen) atoms. The largest absolute Gasteiger partial charge is 4.00 e. The molecule has 2 aliphatic rings. The van der Waals surface area contributed by atoms with Crippen molar-refractivity contribution in [1.29, 1.82) is 0 Å². The Balaban J connectivity index is 0.000000379. The van der Waals surface area contributed by atoms with E-state index in [-0.39, 0.29) is 32.2 Å². The molecule has 10 radical (unpaired) electrons. The van der Waals surface area contributed by atoms with E-state index in [9.17, 15) is 0 Å². The van der Waals surface area contributed by atoms with Crippen LogP contribution in [-0.2, 0) is 26.2 Å². The van der Waals surface area contributed by atoms with Crippen molar-refractivity contribution >= 4 is 28.3 Å². The maximum Gasteiger partial charge on any atom is 4.00 e. The third kappa shape index (κ3) is 13.5. The van der Waals surface area contributed by atoms with Gasteiger partial charge in [-0.2, -0.15) is 5.92 Å². The molecule has 0 aliphatic heterocycles. The summed E-state index contributed by atoms with van der Waals surface area (Å²) in [4.78, 5) is 0. The number of para-hydroxylation sites is 1. The van der Waals surface area contributed by atoms with Crippen LogP contribution in [-0.4, -0.2) is 4.43 Å². The molecule has 0 bridgehead atoms. The topological polar surface area (TPSA) is 14.1 Å². The molecule has 2 aliphatic carbocycles. The summed E-state index contributed by atoms with van der Waals surface area (Å²) in [5.41, 5.74) is 2.30. The van der Waals surface area contributed by atoms with Crippen molar-refractivity contribution in [2.45, 2.75) is 25.3 Å². The van der Waals surface area contributed by atoms with Gasteiger partial charge in [-0.3, -0.25) is 0 Å². The van der Waals surface area contributed by atoms with Crippen LogP contribution >= 0.6 is 22.6 Å². The zero-order chi connectivity index (χ0) is 22.0. The molecule has 2 atom stereocenters. The predicted octanol–water partition coefficient (Wildman–Crippen LogP) is 8.53. The molecule has 0 heterocycles. The monoisotopic (exact) mass is 611 g/mol. The maximum absolute atomic E-state index is 4.94. The first kappa shape index (κ1) is 29.9. The van der Waals surface area contributed by atoms with E-state index < -0.39 is 0 Å². The first-order chi connectivity index (χ1) is 15.3. The van der Waals surface area contributed by atoms with Gasteiger partial charge in [-0.05, 0) is 75.1 Å². The van der Waals surface area contributed by atoms with Gasteiger partial charge in [-0.1, -0.05) is 102 Å². The minimum Gasteiger partial charge on any atom is -0.680 e. The molecular weight excluding hydrogens is 580 g/mol. The van der Waals surface area contributed by atoms with Crippen molar-refractivity contribution in [3.63, 3.8) is 0 Å². The minimum atomic E-state index is 0. The Kier molecular flexibility index (Phi) is 18.9. The van der Waals surface area contributed by atoms with E-state index in [1.165, 1.54) is 22.8 Å². The molecule has 2 aromatic rings. The van der Waals surface area contributed by atoms with Crippen LogP contribution in [0, 0.1) is 77.0 Å². The third-order valence-electron chi connectivity index (χ3n) is 4.70. The molecule has 0 N–H and O–H groups in total. The van der Waals surface area contributed by atoms with Crippen LogP contribution in [0.25, 0.3) is 5.32 Å². The van der Waals surface area contributed by atoms with E-state index in [1.807, 2.05) is 82.4 Å². The smallest absolute Gasteiger partial charge is 0.680 e. The molecule has 4 rings (SSSR count). The fraction of sp³-hybridized carbons (Fsp3) is 0.207. The fourth-order valence-electron chi connectivity index (χ4n) is 3.08. The molecule has 0 saturated heterocycles. The molecule has 2 aromatic carbocycles. The second kappa shape index (κ2) is 20.2. The molecule has 0 spiro atoms. The summed E-state index contributed by atoms with van der Waals surface area (Å²) < 4.78 is 1.22. The number of unbranched alkanes of at least 4 members (excludes halogenated alkanes) is 1. The average Bonchev–Trinajstić information content (AvgIpc) is 3.58. The van der Waals surface area contributed by atoms with Gasteiger partial charge < -0.3 is 12.2 Å². The number of nitrogens with zero attached hydrogens (tertiary/aromatic N) is 1. The molecule has 0 amide bonds. The zero-order valence-electron chi connectivity index (χ0n) is 18.6. The number of halogens is 1. The standard InChI is InChI=1S/C19H22IN.2C5H5.Zr/c1-16(10-8-9-15-20)19(17-11-4-2-5-12-17)21-18-13-6-3-7-14-18;2*1-2-4-5-3-1;/h2-7,11-14,16,19H,1,8-10,15H2;2*1-5H;/q-2;;;+4/t16-,19+;;;/m1.../s1. The van der Waals surface area contributed by atoms with Gasteiger partial charge in [0.05, 0.1) is 0 Å². The number of alkyl halides is 1. The summed E-state index contributed by atoms with van der Waals surface area (Å²) in [6, 6.07) is 20.9. The van der Waals surface area contributed by atoms with Crippen molar-refractivity contribution in [2.75, 3.05) is 4.43 Å².